The van der Waals surface area contributed by atoms with Crippen molar-refractivity contribution in [3.05, 3.63) is 65.7 Å². The number of benzene rings is 2. The molecule has 0 aliphatic carbocycles. The number of rotatable bonds is 3. The topological polar surface area (TPSA) is 40.5 Å². The Labute approximate surface area is 124 Å². The van der Waals surface area contributed by atoms with Gasteiger partial charge in [-0.1, -0.05) is 36.1 Å². The summed E-state index contributed by atoms with van der Waals surface area (Å²) in [5, 5.41) is 8.72. The van der Waals surface area contributed by atoms with Crippen LogP contribution in [0.1, 0.15) is 22.3 Å². The molecule has 1 amide bonds. The Morgan fingerprint density at radius 1 is 1.14 bits per heavy atom. The molecule has 1 N–H and O–H groups in total. The van der Waals surface area contributed by atoms with Crippen molar-refractivity contribution in [1.29, 1.82) is 0 Å². The average molecular weight is 279 g/mol. The second kappa shape index (κ2) is 7.28. The van der Waals surface area contributed by atoms with E-state index in [1.807, 2.05) is 42.5 Å². The summed E-state index contributed by atoms with van der Waals surface area (Å²) in [6.45, 7) is 0.0440. The molecule has 0 aromatic heterocycles. The Kier molecular flexibility index (Phi) is 5.14. The molecule has 0 aliphatic heterocycles. The summed E-state index contributed by atoms with van der Waals surface area (Å²) in [6.07, 6.45) is 0.433. The standard InChI is InChI=1S/C18H17NO2/c1-19(17-11-3-2-4-12-17)18(21)16-10-7-9-15(14-16)8-5-6-13-20/h2-4,7,9-12,14,20H,6,13H2,1H3. The molecule has 0 bridgehead atoms. The van der Waals surface area contributed by atoms with Gasteiger partial charge in [-0.15, -0.1) is 0 Å². The number of hydrogen-bond acceptors (Lipinski definition) is 2. The van der Waals surface area contributed by atoms with E-state index in [4.69, 9.17) is 5.11 Å². The third-order valence-electron chi connectivity index (χ3n) is 3.03. The van der Waals surface area contributed by atoms with Crippen LogP contribution in [0.15, 0.2) is 54.6 Å². The molecule has 3 nitrogen and oxygen atoms in total. The van der Waals surface area contributed by atoms with Gasteiger partial charge in [-0.25, -0.2) is 0 Å². The Hall–Kier alpha value is -2.57. The van der Waals surface area contributed by atoms with Crippen molar-refractivity contribution in [3.8, 4) is 11.8 Å². The van der Waals surface area contributed by atoms with Crippen LogP contribution in [0.3, 0.4) is 0 Å². The minimum Gasteiger partial charge on any atom is -0.395 e. The van der Waals surface area contributed by atoms with Gasteiger partial charge < -0.3 is 10.0 Å². The van der Waals surface area contributed by atoms with Gasteiger partial charge >= 0.3 is 0 Å². The Morgan fingerprint density at radius 2 is 1.90 bits per heavy atom. The number of carbonyl (C=O) groups is 1. The van der Waals surface area contributed by atoms with Gasteiger partial charge in [0.1, 0.15) is 0 Å². The quantitative estimate of drug-likeness (QED) is 0.878. The van der Waals surface area contributed by atoms with E-state index in [0.717, 1.165) is 11.3 Å². The molecule has 106 valence electrons. The summed E-state index contributed by atoms with van der Waals surface area (Å²) in [4.78, 5) is 14.1. The van der Waals surface area contributed by atoms with E-state index in [1.54, 1.807) is 24.1 Å². The van der Waals surface area contributed by atoms with E-state index in [1.165, 1.54) is 0 Å². The molecule has 3 heteroatoms. The molecule has 0 aliphatic rings. The van der Waals surface area contributed by atoms with Crippen LogP contribution in [0, 0.1) is 11.8 Å². The number of anilines is 1. The monoisotopic (exact) mass is 279 g/mol. The smallest absolute Gasteiger partial charge is 0.258 e. The van der Waals surface area contributed by atoms with Gasteiger partial charge in [-0.3, -0.25) is 4.79 Å². The molecule has 21 heavy (non-hydrogen) atoms. The van der Waals surface area contributed by atoms with Crippen LogP contribution >= 0.6 is 0 Å². The largest absolute Gasteiger partial charge is 0.395 e. The maximum Gasteiger partial charge on any atom is 0.258 e. The van der Waals surface area contributed by atoms with Crippen molar-refractivity contribution in [2.24, 2.45) is 0 Å². The van der Waals surface area contributed by atoms with Crippen molar-refractivity contribution in [2.75, 3.05) is 18.6 Å². The minimum absolute atomic E-state index is 0.0440. The van der Waals surface area contributed by atoms with Crippen molar-refractivity contribution in [2.45, 2.75) is 6.42 Å². The Bertz CT molecular complexity index is 668. The van der Waals surface area contributed by atoms with Gasteiger partial charge in [-0.2, -0.15) is 0 Å². The minimum atomic E-state index is -0.0768. The first kappa shape index (κ1) is 14.8. The Morgan fingerprint density at radius 3 is 2.62 bits per heavy atom. The zero-order valence-corrected chi connectivity index (χ0v) is 11.9. The lowest BCUT2D eigenvalue weighted by Crippen LogP contribution is -2.26. The van der Waals surface area contributed by atoms with Crippen LogP contribution < -0.4 is 4.90 Å². The van der Waals surface area contributed by atoms with Gasteiger partial charge in [-0.05, 0) is 30.3 Å². The second-order valence-electron chi connectivity index (χ2n) is 4.56. The first-order valence-electron chi connectivity index (χ1n) is 6.75. The van der Waals surface area contributed by atoms with Crippen LogP contribution in [0.2, 0.25) is 0 Å². The number of amides is 1. The van der Waals surface area contributed by atoms with Crippen molar-refractivity contribution < 1.29 is 9.90 Å². The van der Waals surface area contributed by atoms with E-state index in [2.05, 4.69) is 11.8 Å². The highest BCUT2D eigenvalue weighted by atomic mass is 16.2. The van der Waals surface area contributed by atoms with E-state index in [9.17, 15) is 4.79 Å². The van der Waals surface area contributed by atoms with Gasteiger partial charge in [0, 0.05) is 30.3 Å². The predicted octanol–water partition coefficient (Wildman–Crippen LogP) is 2.70. The number of carbonyl (C=O) groups excluding carboxylic acids is 1. The van der Waals surface area contributed by atoms with E-state index in [0.29, 0.717) is 12.0 Å². The number of nitrogens with zero attached hydrogens (tertiary/aromatic N) is 1. The molecule has 0 atom stereocenters. The maximum absolute atomic E-state index is 12.5. The first-order valence-corrected chi connectivity index (χ1v) is 6.75. The molecular weight excluding hydrogens is 262 g/mol. The summed E-state index contributed by atoms with van der Waals surface area (Å²) >= 11 is 0. The van der Waals surface area contributed by atoms with Crippen LogP contribution in [0.4, 0.5) is 5.69 Å². The number of hydrogen-bond donors (Lipinski definition) is 1. The molecule has 2 aromatic carbocycles. The summed E-state index contributed by atoms with van der Waals surface area (Å²) in [5.41, 5.74) is 2.21. The summed E-state index contributed by atoms with van der Waals surface area (Å²) < 4.78 is 0. The number of para-hydroxylation sites is 1. The van der Waals surface area contributed by atoms with Crippen molar-refractivity contribution in [3.63, 3.8) is 0 Å². The maximum atomic E-state index is 12.5. The molecule has 0 spiro atoms. The molecule has 0 saturated carbocycles. The fraction of sp³-hybridized carbons (Fsp3) is 0.167. The van der Waals surface area contributed by atoms with Crippen LogP contribution in [0.5, 0.6) is 0 Å². The fourth-order valence-electron chi connectivity index (χ4n) is 1.91. The van der Waals surface area contributed by atoms with Gasteiger partial charge in [0.25, 0.3) is 5.91 Å². The highest BCUT2D eigenvalue weighted by Crippen LogP contribution is 2.15. The highest BCUT2D eigenvalue weighted by Gasteiger charge is 2.13. The van der Waals surface area contributed by atoms with E-state index >= 15 is 0 Å². The first-order chi connectivity index (χ1) is 10.2. The van der Waals surface area contributed by atoms with Crippen LogP contribution in [-0.2, 0) is 0 Å². The summed E-state index contributed by atoms with van der Waals surface area (Å²) in [5.74, 6) is 5.72. The lowest BCUT2D eigenvalue weighted by Gasteiger charge is -2.17. The molecule has 0 fully saturated rings. The van der Waals surface area contributed by atoms with E-state index in [-0.39, 0.29) is 12.5 Å². The molecule has 0 saturated heterocycles. The van der Waals surface area contributed by atoms with Gasteiger partial charge in [0.15, 0.2) is 0 Å². The van der Waals surface area contributed by atoms with Crippen molar-refractivity contribution >= 4 is 11.6 Å². The number of aliphatic hydroxyl groups excluding tert-OH is 1. The van der Waals surface area contributed by atoms with E-state index < -0.39 is 0 Å². The normalized spacial score (nSPS) is 9.62. The molecule has 0 unspecified atom stereocenters. The summed E-state index contributed by atoms with van der Waals surface area (Å²) in [7, 11) is 1.75. The lowest BCUT2D eigenvalue weighted by molar-refractivity contribution is 0.0993. The molecule has 2 aromatic rings. The van der Waals surface area contributed by atoms with Crippen LogP contribution in [-0.4, -0.2) is 24.7 Å². The average Bonchev–Trinajstić information content (AvgIpc) is 2.55. The molecule has 2 rings (SSSR count). The predicted molar refractivity (Wildman–Crippen MR) is 84.2 cm³/mol. The second-order valence-corrected chi connectivity index (χ2v) is 4.56. The third-order valence-corrected chi connectivity index (χ3v) is 3.03. The zero-order valence-electron chi connectivity index (χ0n) is 11.9. The third kappa shape index (κ3) is 3.95. The highest BCUT2D eigenvalue weighted by molar-refractivity contribution is 6.05. The summed E-state index contributed by atoms with van der Waals surface area (Å²) in [6, 6.07) is 16.7. The van der Waals surface area contributed by atoms with Crippen LogP contribution in [0.25, 0.3) is 0 Å². The lowest BCUT2D eigenvalue weighted by atomic mass is 10.1. The zero-order chi connectivity index (χ0) is 15.1. The molecule has 0 radical (unpaired) electrons. The number of aliphatic hydroxyl groups is 1. The molecular formula is C18H17NO2. The molecule has 0 heterocycles. The van der Waals surface area contributed by atoms with Gasteiger partial charge in [0.05, 0.1) is 6.61 Å². The fourth-order valence-corrected chi connectivity index (χ4v) is 1.91. The van der Waals surface area contributed by atoms with Gasteiger partial charge in [0.2, 0.25) is 0 Å². The van der Waals surface area contributed by atoms with Crippen molar-refractivity contribution in [1.82, 2.24) is 0 Å². The SMILES string of the molecule is CN(C(=O)c1cccc(C#CCCO)c1)c1ccccc1. The Balaban J connectivity index is 2.20.